The van der Waals surface area contributed by atoms with Gasteiger partial charge in [-0.1, -0.05) is 0 Å². The average molecular weight is 315 g/mol. The molecule has 22 heavy (non-hydrogen) atoms. The number of ether oxygens (including phenoxy) is 1. The lowest BCUT2D eigenvalue weighted by atomic mass is 10.2. The summed E-state index contributed by atoms with van der Waals surface area (Å²) in [6.45, 7) is 1.02. The van der Waals surface area contributed by atoms with Gasteiger partial charge < -0.3 is 9.64 Å². The summed E-state index contributed by atoms with van der Waals surface area (Å²) in [4.78, 5) is 20.3. The predicted octanol–water partition coefficient (Wildman–Crippen LogP) is 2.02. The summed E-state index contributed by atoms with van der Waals surface area (Å²) >= 11 is 0. The highest BCUT2D eigenvalue weighted by Crippen LogP contribution is 2.33. The highest BCUT2D eigenvalue weighted by atomic mass is 19.4. The van der Waals surface area contributed by atoms with E-state index in [0.717, 1.165) is 0 Å². The van der Waals surface area contributed by atoms with Crippen LogP contribution in [0.15, 0.2) is 5.18 Å². The molecule has 0 saturated carbocycles. The summed E-state index contributed by atoms with van der Waals surface area (Å²) < 4.78 is 43.0. The summed E-state index contributed by atoms with van der Waals surface area (Å²) in [5.41, 5.74) is -0.0926. The van der Waals surface area contributed by atoms with Crippen LogP contribution in [0.5, 0.6) is 0 Å². The van der Waals surface area contributed by atoms with E-state index in [1.807, 2.05) is 6.07 Å². The Hall–Kier alpha value is -2.28. The highest BCUT2D eigenvalue weighted by molar-refractivity contribution is 5.65. The van der Waals surface area contributed by atoms with Crippen LogP contribution in [0, 0.1) is 23.2 Å². The molecule has 7 nitrogen and oxygen atoms in total. The number of anilines is 1. The molecular formula is C12H12F3N5O2. The number of nitrogens with zero attached hydrogens (tertiary/aromatic N) is 5. The Balaban J connectivity index is 2.39. The summed E-state index contributed by atoms with van der Waals surface area (Å²) in [6.07, 6.45) is -6.65. The maximum Gasteiger partial charge on any atom is 0.416 e. The second-order valence-electron chi connectivity index (χ2n) is 4.66. The van der Waals surface area contributed by atoms with Crippen molar-refractivity contribution in [2.45, 2.75) is 25.6 Å². The number of nitroso groups, excluding NO2 is 1. The zero-order chi connectivity index (χ0) is 16.3. The molecule has 2 rings (SSSR count). The van der Waals surface area contributed by atoms with Gasteiger partial charge in [-0.2, -0.15) is 18.4 Å². The van der Waals surface area contributed by atoms with Crippen molar-refractivity contribution in [3.8, 4) is 6.07 Å². The van der Waals surface area contributed by atoms with Crippen LogP contribution in [-0.4, -0.2) is 41.9 Å². The molecule has 0 spiro atoms. The molecule has 0 radical (unpaired) electrons. The van der Waals surface area contributed by atoms with E-state index in [-0.39, 0.29) is 42.6 Å². The molecule has 0 bridgehead atoms. The topological polar surface area (TPSA) is 91.5 Å². The van der Waals surface area contributed by atoms with Crippen molar-refractivity contribution in [1.82, 2.24) is 9.97 Å². The molecule has 1 saturated heterocycles. The van der Waals surface area contributed by atoms with Crippen LogP contribution in [0.2, 0.25) is 0 Å². The van der Waals surface area contributed by atoms with Crippen LogP contribution in [0.3, 0.4) is 0 Å². The number of aryl methyl sites for hydroxylation is 1. The van der Waals surface area contributed by atoms with Crippen molar-refractivity contribution in [3.63, 3.8) is 0 Å². The van der Waals surface area contributed by atoms with Crippen LogP contribution in [0.25, 0.3) is 0 Å². The molecule has 1 atom stereocenters. The summed E-state index contributed by atoms with van der Waals surface area (Å²) in [5.74, 6) is 0.257. The summed E-state index contributed by atoms with van der Waals surface area (Å²) in [5, 5.41) is 11.5. The van der Waals surface area contributed by atoms with Crippen molar-refractivity contribution >= 4 is 11.5 Å². The molecule has 10 heteroatoms. The van der Waals surface area contributed by atoms with Crippen LogP contribution in [-0.2, 0) is 11.2 Å². The van der Waals surface area contributed by atoms with E-state index in [0.29, 0.717) is 0 Å². The third-order valence-corrected chi connectivity index (χ3v) is 3.12. The van der Waals surface area contributed by atoms with E-state index in [9.17, 15) is 18.1 Å². The van der Waals surface area contributed by atoms with Gasteiger partial charge in [0, 0.05) is 6.54 Å². The van der Waals surface area contributed by atoms with Crippen molar-refractivity contribution in [2.75, 3.05) is 24.6 Å². The average Bonchev–Trinajstić information content (AvgIpc) is 2.46. The molecule has 0 unspecified atom stereocenters. The van der Waals surface area contributed by atoms with Gasteiger partial charge in [-0.15, -0.1) is 4.91 Å². The number of nitriles is 1. The van der Waals surface area contributed by atoms with E-state index in [1.54, 1.807) is 0 Å². The molecule has 1 aromatic heterocycles. The lowest BCUT2D eigenvalue weighted by molar-refractivity contribution is -0.221. The monoisotopic (exact) mass is 315 g/mol. The van der Waals surface area contributed by atoms with Gasteiger partial charge in [-0.3, -0.25) is 0 Å². The number of hydrogen-bond donors (Lipinski definition) is 0. The number of morpholine rings is 1. The molecule has 0 aliphatic carbocycles. The standard InChI is InChI=1S/C12H12F3N5O2/c1-7-17-8(2-3-16)10(19-21)11(18-7)20-4-5-22-9(6-20)12(13,14)15/h9H,2,4-6H2,1H3/t9-/m1/s1. The van der Waals surface area contributed by atoms with Gasteiger partial charge in [0.2, 0.25) is 0 Å². The number of aromatic nitrogens is 2. The molecular weight excluding hydrogens is 303 g/mol. The fourth-order valence-corrected chi connectivity index (χ4v) is 2.16. The fraction of sp³-hybridized carbons (Fsp3) is 0.583. The maximum atomic E-state index is 12.8. The summed E-state index contributed by atoms with van der Waals surface area (Å²) in [6, 6.07) is 1.84. The van der Waals surface area contributed by atoms with Crippen molar-refractivity contribution < 1.29 is 17.9 Å². The molecule has 2 heterocycles. The zero-order valence-corrected chi connectivity index (χ0v) is 11.6. The molecule has 1 aromatic rings. The lowest BCUT2D eigenvalue weighted by Crippen LogP contribution is -2.49. The molecule has 0 aromatic carbocycles. The quantitative estimate of drug-likeness (QED) is 0.792. The molecule has 1 aliphatic rings. The first kappa shape index (κ1) is 16.1. The lowest BCUT2D eigenvalue weighted by Gasteiger charge is -2.34. The molecule has 1 fully saturated rings. The number of alkyl halides is 3. The normalized spacial score (nSPS) is 18.9. The Morgan fingerprint density at radius 2 is 2.23 bits per heavy atom. The Morgan fingerprint density at radius 1 is 1.50 bits per heavy atom. The third-order valence-electron chi connectivity index (χ3n) is 3.12. The van der Waals surface area contributed by atoms with E-state index >= 15 is 0 Å². The minimum Gasteiger partial charge on any atom is -0.365 e. The number of rotatable bonds is 3. The van der Waals surface area contributed by atoms with Crippen LogP contribution in [0.4, 0.5) is 24.7 Å². The minimum absolute atomic E-state index is 0.00491. The first-order valence-electron chi connectivity index (χ1n) is 6.38. The Morgan fingerprint density at radius 3 is 2.82 bits per heavy atom. The van der Waals surface area contributed by atoms with Gasteiger partial charge in [0.05, 0.1) is 31.3 Å². The predicted molar refractivity (Wildman–Crippen MR) is 69.5 cm³/mol. The first-order chi connectivity index (χ1) is 10.4. The SMILES string of the molecule is Cc1nc(CC#N)c(N=O)c(N2CCO[C@@H](C(F)(F)F)C2)n1. The Labute approximate surface area is 123 Å². The second-order valence-corrected chi connectivity index (χ2v) is 4.66. The van der Waals surface area contributed by atoms with Crippen molar-refractivity contribution in [2.24, 2.45) is 5.18 Å². The molecule has 1 aliphatic heterocycles. The fourth-order valence-electron chi connectivity index (χ4n) is 2.16. The third kappa shape index (κ3) is 3.30. The first-order valence-corrected chi connectivity index (χ1v) is 6.38. The van der Waals surface area contributed by atoms with Gasteiger partial charge in [0.25, 0.3) is 0 Å². The summed E-state index contributed by atoms with van der Waals surface area (Å²) in [7, 11) is 0. The van der Waals surface area contributed by atoms with Gasteiger partial charge in [-0.25, -0.2) is 9.97 Å². The maximum absolute atomic E-state index is 12.8. The Kier molecular flexibility index (Phi) is 4.56. The van der Waals surface area contributed by atoms with Gasteiger partial charge in [-0.05, 0) is 12.1 Å². The number of hydrogen-bond acceptors (Lipinski definition) is 7. The minimum atomic E-state index is -4.51. The smallest absolute Gasteiger partial charge is 0.365 e. The van der Waals surface area contributed by atoms with Crippen LogP contribution >= 0.6 is 0 Å². The van der Waals surface area contributed by atoms with E-state index in [4.69, 9.17) is 10.00 Å². The van der Waals surface area contributed by atoms with E-state index < -0.39 is 18.8 Å². The van der Waals surface area contributed by atoms with Crippen molar-refractivity contribution in [1.29, 1.82) is 5.26 Å². The van der Waals surface area contributed by atoms with Gasteiger partial charge in [0.1, 0.15) is 5.82 Å². The van der Waals surface area contributed by atoms with Gasteiger partial charge in [0.15, 0.2) is 17.6 Å². The number of halogens is 3. The molecule has 0 amide bonds. The molecule has 118 valence electrons. The van der Waals surface area contributed by atoms with E-state index in [1.165, 1.54) is 11.8 Å². The van der Waals surface area contributed by atoms with Crippen LogP contribution < -0.4 is 4.90 Å². The van der Waals surface area contributed by atoms with Crippen LogP contribution in [0.1, 0.15) is 11.5 Å². The van der Waals surface area contributed by atoms with Gasteiger partial charge >= 0.3 is 6.18 Å². The molecule has 0 N–H and O–H groups in total. The largest absolute Gasteiger partial charge is 0.416 e. The second kappa shape index (κ2) is 6.23. The van der Waals surface area contributed by atoms with E-state index in [2.05, 4.69) is 15.1 Å². The Bertz CT molecular complexity index is 614. The zero-order valence-electron chi connectivity index (χ0n) is 11.6. The van der Waals surface area contributed by atoms with Crippen molar-refractivity contribution in [3.05, 3.63) is 16.4 Å². The highest BCUT2D eigenvalue weighted by Gasteiger charge is 2.44.